The van der Waals surface area contributed by atoms with Gasteiger partial charge in [-0.1, -0.05) is 19.1 Å². The minimum atomic E-state index is -4.01. The van der Waals surface area contributed by atoms with Crippen LogP contribution in [0, 0.1) is 27.4 Å². The lowest BCUT2D eigenvalue weighted by Gasteiger charge is -2.31. The Labute approximate surface area is 202 Å². The van der Waals surface area contributed by atoms with Gasteiger partial charge in [-0.3, -0.25) is 14.9 Å². The summed E-state index contributed by atoms with van der Waals surface area (Å²) in [5.41, 5.74) is 1.18. The van der Waals surface area contributed by atoms with Gasteiger partial charge in [0.05, 0.1) is 36.7 Å². The zero-order valence-electron chi connectivity index (χ0n) is 18.7. The first kappa shape index (κ1) is 24.3. The number of sulfonamides is 1. The van der Waals surface area contributed by atoms with E-state index in [1.54, 1.807) is 0 Å². The van der Waals surface area contributed by atoms with Crippen LogP contribution >= 0.6 is 11.3 Å². The van der Waals surface area contributed by atoms with Crippen molar-refractivity contribution in [3.05, 3.63) is 50.4 Å². The highest BCUT2D eigenvalue weighted by Crippen LogP contribution is 2.39. The fraction of sp³-hybridized carbons (Fsp3) is 0.455. The summed E-state index contributed by atoms with van der Waals surface area (Å²) in [6, 6.07) is 7.56. The van der Waals surface area contributed by atoms with Crippen LogP contribution < -0.4 is 10.2 Å². The van der Waals surface area contributed by atoms with E-state index in [9.17, 15) is 28.6 Å². The first-order chi connectivity index (χ1) is 16.2. The normalized spacial score (nSPS) is 19.2. The van der Waals surface area contributed by atoms with Crippen molar-refractivity contribution in [2.45, 2.75) is 31.1 Å². The van der Waals surface area contributed by atoms with E-state index >= 15 is 0 Å². The summed E-state index contributed by atoms with van der Waals surface area (Å²) >= 11 is 1.48. The number of nitrogens with one attached hydrogen (secondary N) is 2. The maximum Gasteiger partial charge on any atom is 0.289 e. The van der Waals surface area contributed by atoms with Crippen LogP contribution in [0.2, 0.25) is 0 Å². The zero-order valence-corrected chi connectivity index (χ0v) is 20.4. The Hall–Kier alpha value is -2.85. The van der Waals surface area contributed by atoms with E-state index in [0.29, 0.717) is 29.6 Å². The van der Waals surface area contributed by atoms with Crippen LogP contribution in [0.4, 0.5) is 10.7 Å². The summed E-state index contributed by atoms with van der Waals surface area (Å²) < 4.78 is 27.2. The molecule has 2 heterocycles. The molecular formula is C22H26N5O5S2+. The van der Waals surface area contributed by atoms with Gasteiger partial charge in [0.1, 0.15) is 11.1 Å². The molecule has 12 heteroatoms. The van der Waals surface area contributed by atoms with Gasteiger partial charge in [-0.2, -0.15) is 9.57 Å². The number of thiophene rings is 1. The standard InChI is InChI=1S/C22H25N5O5S2/c1-15-6-7-16-17(13-23)22(33-19(16)12-15)24-21(28)14-25-8-10-26(11-9-25)34(31,32)20-5-3-2-4-18(20)27(29)30/h2-5,15H,6-12,14H2,1H3,(H,24,28)/p+1/t15-/m0/s1. The molecule has 1 atom stereocenters. The number of benzene rings is 1. The summed E-state index contributed by atoms with van der Waals surface area (Å²) in [6.45, 7) is 3.46. The Kier molecular flexibility index (Phi) is 6.99. The predicted molar refractivity (Wildman–Crippen MR) is 126 cm³/mol. The average molecular weight is 505 g/mol. The van der Waals surface area contributed by atoms with E-state index in [4.69, 9.17) is 0 Å². The average Bonchev–Trinajstić information content (AvgIpc) is 3.14. The molecule has 2 aliphatic rings. The van der Waals surface area contributed by atoms with Gasteiger partial charge in [0.2, 0.25) is 10.0 Å². The van der Waals surface area contributed by atoms with Crippen molar-refractivity contribution in [2.75, 3.05) is 38.0 Å². The number of nitriles is 1. The minimum Gasteiger partial charge on any atom is -0.325 e. The monoisotopic (exact) mass is 504 g/mol. The van der Waals surface area contributed by atoms with Crippen LogP contribution in [-0.2, 0) is 27.7 Å². The maximum absolute atomic E-state index is 13.0. The lowest BCUT2D eigenvalue weighted by atomic mass is 9.89. The molecule has 0 radical (unpaired) electrons. The summed E-state index contributed by atoms with van der Waals surface area (Å²) in [5.74, 6) is 0.351. The quantitative estimate of drug-likeness (QED) is 0.448. The summed E-state index contributed by atoms with van der Waals surface area (Å²) in [6.07, 6.45) is 2.81. The van der Waals surface area contributed by atoms with Crippen molar-refractivity contribution >= 4 is 38.0 Å². The van der Waals surface area contributed by atoms with Gasteiger partial charge in [-0.15, -0.1) is 11.3 Å². The van der Waals surface area contributed by atoms with E-state index in [1.165, 1.54) is 44.8 Å². The molecule has 2 N–H and O–H groups in total. The number of carbonyl (C=O) groups excluding carboxylic acids is 1. The van der Waals surface area contributed by atoms with Crippen LogP contribution in [0.5, 0.6) is 0 Å². The largest absolute Gasteiger partial charge is 0.325 e. The third kappa shape index (κ3) is 4.83. The highest BCUT2D eigenvalue weighted by molar-refractivity contribution is 7.89. The van der Waals surface area contributed by atoms with E-state index in [1.807, 2.05) is 0 Å². The number of nitrogens with zero attached hydrogens (tertiary/aromatic N) is 3. The van der Waals surface area contributed by atoms with Gasteiger partial charge >= 0.3 is 0 Å². The SMILES string of the molecule is C[C@H]1CCc2c(sc(NC(=O)C[NH+]3CCN(S(=O)(=O)c4ccccc4[N+](=O)[O-])CC3)c2C#N)C1. The van der Waals surface area contributed by atoms with Gasteiger partial charge in [-0.05, 0) is 36.8 Å². The van der Waals surface area contributed by atoms with Crippen LogP contribution in [0.25, 0.3) is 0 Å². The van der Waals surface area contributed by atoms with Crippen LogP contribution in [0.3, 0.4) is 0 Å². The number of carbonyl (C=O) groups is 1. The van der Waals surface area contributed by atoms with E-state index in [-0.39, 0.29) is 30.4 Å². The predicted octanol–water partition coefficient (Wildman–Crippen LogP) is 1.18. The third-order valence-electron chi connectivity index (χ3n) is 6.40. The Morgan fingerprint density at radius 3 is 2.74 bits per heavy atom. The van der Waals surface area contributed by atoms with Gasteiger partial charge < -0.3 is 10.2 Å². The molecule has 180 valence electrons. The van der Waals surface area contributed by atoms with E-state index in [2.05, 4.69) is 18.3 Å². The molecule has 1 aliphatic heterocycles. The van der Waals surface area contributed by atoms with Crippen molar-refractivity contribution in [1.82, 2.24) is 4.31 Å². The molecule has 0 unspecified atom stereocenters. The highest BCUT2D eigenvalue weighted by Gasteiger charge is 2.35. The zero-order chi connectivity index (χ0) is 24.5. The first-order valence-corrected chi connectivity index (χ1v) is 13.4. The fourth-order valence-electron chi connectivity index (χ4n) is 4.54. The number of rotatable bonds is 6. The Balaban J connectivity index is 1.37. The first-order valence-electron chi connectivity index (χ1n) is 11.1. The van der Waals surface area contributed by atoms with Gasteiger partial charge in [0.15, 0.2) is 11.4 Å². The molecule has 34 heavy (non-hydrogen) atoms. The smallest absolute Gasteiger partial charge is 0.289 e. The topological polar surface area (TPSA) is 138 Å². The molecule has 0 saturated carbocycles. The fourth-order valence-corrected chi connectivity index (χ4v) is 7.52. The molecule has 2 aromatic rings. The Morgan fingerprint density at radius 1 is 1.35 bits per heavy atom. The molecule has 1 aromatic carbocycles. The molecule has 4 rings (SSSR count). The molecule has 1 amide bonds. The third-order valence-corrected chi connectivity index (χ3v) is 9.51. The second-order valence-electron chi connectivity index (χ2n) is 8.77. The number of anilines is 1. The van der Waals surface area contributed by atoms with Gasteiger partial charge in [-0.25, -0.2) is 8.42 Å². The number of amides is 1. The summed E-state index contributed by atoms with van der Waals surface area (Å²) in [4.78, 5) is 25.0. The second kappa shape index (κ2) is 9.79. The lowest BCUT2D eigenvalue weighted by molar-refractivity contribution is -0.895. The number of fused-ring (bicyclic) bond motifs is 1. The molecule has 1 aliphatic carbocycles. The number of hydrogen-bond donors (Lipinski definition) is 2. The highest BCUT2D eigenvalue weighted by atomic mass is 32.2. The van der Waals surface area contributed by atoms with Gasteiger partial charge in [0, 0.05) is 10.9 Å². The Bertz CT molecular complexity index is 1260. The number of hydrogen-bond acceptors (Lipinski definition) is 7. The van der Waals surface area contributed by atoms with E-state index in [0.717, 1.165) is 29.7 Å². The molecular weight excluding hydrogens is 478 g/mol. The van der Waals surface area contributed by atoms with Crippen molar-refractivity contribution < 1.29 is 23.0 Å². The lowest BCUT2D eigenvalue weighted by Crippen LogP contribution is -3.15. The van der Waals surface area contributed by atoms with Gasteiger partial charge in [0.25, 0.3) is 11.6 Å². The Morgan fingerprint density at radius 2 is 2.06 bits per heavy atom. The van der Waals surface area contributed by atoms with Crippen molar-refractivity contribution in [2.24, 2.45) is 5.92 Å². The summed E-state index contributed by atoms with van der Waals surface area (Å²) in [5, 5.41) is 24.4. The number of piperazine rings is 1. The number of nitro groups is 1. The van der Waals surface area contributed by atoms with Crippen LogP contribution in [0.15, 0.2) is 29.2 Å². The van der Waals surface area contributed by atoms with Crippen LogP contribution in [0.1, 0.15) is 29.3 Å². The van der Waals surface area contributed by atoms with Crippen molar-refractivity contribution in [3.8, 4) is 6.07 Å². The number of nitro benzene ring substituents is 1. The number of para-hydroxylation sites is 1. The molecule has 10 nitrogen and oxygen atoms in total. The van der Waals surface area contributed by atoms with E-state index < -0.39 is 20.6 Å². The molecule has 0 spiro atoms. The van der Waals surface area contributed by atoms with Crippen molar-refractivity contribution in [3.63, 3.8) is 0 Å². The molecule has 1 aromatic heterocycles. The maximum atomic E-state index is 13.0. The van der Waals surface area contributed by atoms with Crippen molar-refractivity contribution in [1.29, 1.82) is 5.26 Å². The second-order valence-corrected chi connectivity index (χ2v) is 11.8. The molecule has 0 bridgehead atoms. The number of quaternary nitrogens is 1. The molecule has 1 saturated heterocycles. The molecule has 1 fully saturated rings. The summed E-state index contributed by atoms with van der Waals surface area (Å²) in [7, 11) is -4.01. The van der Waals surface area contributed by atoms with Crippen LogP contribution in [-0.4, -0.2) is 56.3 Å². The minimum absolute atomic E-state index is 0.156.